The fourth-order valence-corrected chi connectivity index (χ4v) is 3.93. The number of benzene rings is 2. The zero-order chi connectivity index (χ0) is 20.1. The van der Waals surface area contributed by atoms with Crippen LogP contribution >= 0.6 is 15.9 Å². The summed E-state index contributed by atoms with van der Waals surface area (Å²) in [5.74, 6) is -1.13. The molecular weight excluding hydrogens is 437 g/mol. The van der Waals surface area contributed by atoms with Gasteiger partial charge in [0.15, 0.2) is 0 Å². The number of amides is 1. The Balaban J connectivity index is 1.55. The number of carbonyl (C=O) groups excluding carboxylic acids is 2. The fraction of sp³-hybridized carbons (Fsp3) is 0.300. The Hall–Kier alpha value is -2.19. The Labute approximate surface area is 168 Å². The molecule has 1 heterocycles. The molecule has 0 bridgehead atoms. The molecule has 8 heteroatoms. The number of hydrogen-bond donors (Lipinski definition) is 0. The van der Waals surface area contributed by atoms with Gasteiger partial charge in [0.2, 0.25) is 0 Å². The minimum absolute atomic E-state index is 0.222. The van der Waals surface area contributed by atoms with Crippen molar-refractivity contribution in [3.8, 4) is 0 Å². The lowest BCUT2D eigenvalue weighted by molar-refractivity contribution is -0.137. The SMILES string of the molecule is O=C1C(=O)N(CN(Cc2ccc(C(F)(F)F)cc2)C2CC2)c2cccc(Br)c21. The van der Waals surface area contributed by atoms with E-state index in [1.807, 2.05) is 4.90 Å². The predicted octanol–water partition coefficient (Wildman–Crippen LogP) is 4.62. The van der Waals surface area contributed by atoms with Gasteiger partial charge in [-0.25, -0.2) is 0 Å². The second kappa shape index (κ2) is 7.00. The molecule has 0 spiro atoms. The summed E-state index contributed by atoms with van der Waals surface area (Å²) in [5.41, 5.74) is 0.959. The molecule has 0 N–H and O–H groups in total. The molecule has 0 radical (unpaired) electrons. The van der Waals surface area contributed by atoms with E-state index in [-0.39, 0.29) is 12.7 Å². The smallest absolute Gasteiger partial charge is 0.291 e. The average Bonchev–Trinajstić information content (AvgIpc) is 3.45. The molecule has 2 aromatic carbocycles. The molecule has 4 rings (SSSR count). The number of ketones is 1. The van der Waals surface area contributed by atoms with Crippen molar-refractivity contribution >= 4 is 33.3 Å². The molecule has 1 aliphatic carbocycles. The highest BCUT2D eigenvalue weighted by Crippen LogP contribution is 2.36. The Bertz CT molecular complexity index is 939. The van der Waals surface area contributed by atoms with E-state index in [1.54, 1.807) is 18.2 Å². The van der Waals surface area contributed by atoms with Crippen LogP contribution in [0.4, 0.5) is 18.9 Å². The third kappa shape index (κ3) is 3.58. The third-order valence-corrected chi connectivity index (χ3v) is 5.66. The predicted molar refractivity (Wildman–Crippen MR) is 101 cm³/mol. The first-order valence-corrected chi connectivity index (χ1v) is 9.60. The van der Waals surface area contributed by atoms with Crippen LogP contribution in [0.3, 0.4) is 0 Å². The van der Waals surface area contributed by atoms with Crippen molar-refractivity contribution in [2.75, 3.05) is 11.6 Å². The monoisotopic (exact) mass is 452 g/mol. The molecule has 1 saturated carbocycles. The molecule has 2 aromatic rings. The normalized spacial score (nSPS) is 16.8. The van der Waals surface area contributed by atoms with E-state index in [2.05, 4.69) is 15.9 Å². The minimum atomic E-state index is -4.37. The van der Waals surface area contributed by atoms with E-state index in [4.69, 9.17) is 0 Å². The molecule has 1 fully saturated rings. The van der Waals surface area contributed by atoms with Crippen molar-refractivity contribution in [1.29, 1.82) is 0 Å². The van der Waals surface area contributed by atoms with E-state index < -0.39 is 23.4 Å². The molecule has 1 aliphatic heterocycles. The van der Waals surface area contributed by atoms with Crippen molar-refractivity contribution in [2.24, 2.45) is 0 Å². The minimum Gasteiger partial charge on any atom is -0.291 e. The van der Waals surface area contributed by atoms with Gasteiger partial charge in [-0.3, -0.25) is 19.4 Å². The highest BCUT2D eigenvalue weighted by atomic mass is 79.9. The zero-order valence-electron chi connectivity index (χ0n) is 14.7. The Morgan fingerprint density at radius 1 is 1.07 bits per heavy atom. The Kier molecular flexibility index (Phi) is 4.79. The van der Waals surface area contributed by atoms with Gasteiger partial charge >= 0.3 is 12.1 Å². The second-order valence-electron chi connectivity index (χ2n) is 7.01. The molecule has 2 aliphatic rings. The van der Waals surface area contributed by atoms with E-state index in [0.29, 0.717) is 22.3 Å². The summed E-state index contributed by atoms with van der Waals surface area (Å²) in [5, 5.41) is 0. The van der Waals surface area contributed by atoms with Gasteiger partial charge in [-0.2, -0.15) is 13.2 Å². The van der Waals surface area contributed by atoms with Gasteiger partial charge < -0.3 is 0 Å². The van der Waals surface area contributed by atoms with Crippen molar-refractivity contribution in [3.05, 3.63) is 63.6 Å². The van der Waals surface area contributed by atoms with E-state index in [9.17, 15) is 22.8 Å². The third-order valence-electron chi connectivity index (χ3n) is 5.00. The summed E-state index contributed by atoms with van der Waals surface area (Å²) in [4.78, 5) is 28.3. The number of halogens is 4. The highest BCUT2D eigenvalue weighted by Gasteiger charge is 2.40. The van der Waals surface area contributed by atoms with Gasteiger partial charge in [-0.15, -0.1) is 0 Å². The molecule has 0 unspecified atom stereocenters. The van der Waals surface area contributed by atoms with Crippen LogP contribution in [-0.4, -0.2) is 29.3 Å². The number of anilines is 1. The lowest BCUT2D eigenvalue weighted by Gasteiger charge is -2.28. The van der Waals surface area contributed by atoms with Crippen LogP contribution in [0, 0.1) is 0 Å². The summed E-state index contributed by atoms with van der Waals surface area (Å²) in [7, 11) is 0. The number of carbonyl (C=O) groups is 2. The first kappa shape index (κ1) is 19.1. The number of rotatable bonds is 5. The van der Waals surface area contributed by atoms with Gasteiger partial charge in [0.05, 0.1) is 23.5 Å². The molecule has 0 atom stereocenters. The molecule has 28 heavy (non-hydrogen) atoms. The van der Waals surface area contributed by atoms with Crippen LogP contribution in [0.2, 0.25) is 0 Å². The quantitative estimate of drug-likeness (QED) is 0.621. The molecule has 0 saturated heterocycles. The largest absolute Gasteiger partial charge is 0.416 e. The maximum atomic E-state index is 12.8. The van der Waals surface area contributed by atoms with Gasteiger partial charge in [-0.1, -0.05) is 18.2 Å². The first-order chi connectivity index (χ1) is 13.3. The molecule has 146 valence electrons. The molecular formula is C20H16BrF3N2O2. The summed E-state index contributed by atoms with van der Waals surface area (Å²) in [6.45, 7) is 0.629. The summed E-state index contributed by atoms with van der Waals surface area (Å²) >= 11 is 3.32. The van der Waals surface area contributed by atoms with Crippen LogP contribution in [0.25, 0.3) is 0 Å². The highest BCUT2D eigenvalue weighted by molar-refractivity contribution is 9.10. The maximum absolute atomic E-state index is 12.8. The van der Waals surface area contributed by atoms with E-state index >= 15 is 0 Å². The van der Waals surface area contributed by atoms with Crippen LogP contribution in [0.1, 0.15) is 34.3 Å². The summed E-state index contributed by atoms with van der Waals surface area (Å²) in [6, 6.07) is 10.5. The van der Waals surface area contributed by atoms with Gasteiger partial charge in [0, 0.05) is 17.1 Å². The van der Waals surface area contributed by atoms with Crippen LogP contribution in [0.15, 0.2) is 46.9 Å². The number of hydrogen-bond acceptors (Lipinski definition) is 3. The number of Topliss-reactive ketones (excluding diaryl/α,β-unsaturated/α-hetero) is 1. The summed E-state index contributed by atoms with van der Waals surface area (Å²) < 4.78 is 38.8. The van der Waals surface area contributed by atoms with E-state index in [1.165, 1.54) is 17.0 Å². The van der Waals surface area contributed by atoms with Crippen molar-refractivity contribution in [1.82, 2.24) is 4.90 Å². The van der Waals surface area contributed by atoms with Crippen LogP contribution in [0.5, 0.6) is 0 Å². The number of fused-ring (bicyclic) bond motifs is 1. The fourth-order valence-electron chi connectivity index (χ4n) is 3.39. The van der Waals surface area contributed by atoms with Crippen molar-refractivity contribution in [3.63, 3.8) is 0 Å². The maximum Gasteiger partial charge on any atom is 0.416 e. The Morgan fingerprint density at radius 3 is 2.36 bits per heavy atom. The van der Waals surface area contributed by atoms with Crippen LogP contribution in [-0.2, 0) is 17.5 Å². The topological polar surface area (TPSA) is 40.6 Å². The first-order valence-electron chi connectivity index (χ1n) is 8.80. The average molecular weight is 453 g/mol. The van der Waals surface area contributed by atoms with Crippen molar-refractivity contribution in [2.45, 2.75) is 31.6 Å². The zero-order valence-corrected chi connectivity index (χ0v) is 16.3. The number of nitrogens with zero attached hydrogens (tertiary/aromatic N) is 2. The lowest BCUT2D eigenvalue weighted by atomic mass is 10.1. The lowest BCUT2D eigenvalue weighted by Crippen LogP contribution is -2.41. The molecule has 1 amide bonds. The summed E-state index contributed by atoms with van der Waals surface area (Å²) in [6.07, 6.45) is -2.45. The van der Waals surface area contributed by atoms with Gasteiger partial charge in [0.25, 0.3) is 5.78 Å². The van der Waals surface area contributed by atoms with Crippen LogP contribution < -0.4 is 4.90 Å². The Morgan fingerprint density at radius 2 is 1.75 bits per heavy atom. The second-order valence-corrected chi connectivity index (χ2v) is 7.86. The van der Waals surface area contributed by atoms with Gasteiger partial charge in [0.1, 0.15) is 0 Å². The van der Waals surface area contributed by atoms with Crippen molar-refractivity contribution < 1.29 is 22.8 Å². The van der Waals surface area contributed by atoms with E-state index in [0.717, 1.165) is 30.5 Å². The number of alkyl halides is 3. The van der Waals surface area contributed by atoms with Gasteiger partial charge in [-0.05, 0) is 58.6 Å². The molecule has 0 aromatic heterocycles. The molecule has 4 nitrogen and oxygen atoms in total. The standard InChI is InChI=1S/C20H16BrF3N2O2/c21-15-2-1-3-16-17(15)18(27)19(28)26(16)11-25(14-8-9-14)10-12-4-6-13(7-5-12)20(22,23)24/h1-7,14H,8-11H2.